The van der Waals surface area contributed by atoms with Gasteiger partial charge >= 0.3 is 0 Å². The van der Waals surface area contributed by atoms with E-state index in [4.69, 9.17) is 9.47 Å². The van der Waals surface area contributed by atoms with Gasteiger partial charge in [-0.1, -0.05) is 38.1 Å². The van der Waals surface area contributed by atoms with Crippen molar-refractivity contribution in [3.05, 3.63) is 65.2 Å². The van der Waals surface area contributed by atoms with E-state index in [9.17, 15) is 4.79 Å². The second kappa shape index (κ2) is 7.63. The van der Waals surface area contributed by atoms with Gasteiger partial charge in [0, 0.05) is 11.1 Å². The zero-order valence-corrected chi connectivity index (χ0v) is 14.0. The van der Waals surface area contributed by atoms with Crippen molar-refractivity contribution in [1.82, 2.24) is 0 Å². The van der Waals surface area contributed by atoms with Gasteiger partial charge in [0.1, 0.15) is 11.5 Å². The average Bonchev–Trinajstić information content (AvgIpc) is 2.59. The van der Waals surface area contributed by atoms with Gasteiger partial charge in [-0.2, -0.15) is 0 Å². The van der Waals surface area contributed by atoms with Crippen molar-refractivity contribution < 1.29 is 14.3 Å². The molecule has 3 heteroatoms. The number of carbonyl (C=O) groups excluding carboxylic acids is 1. The molecular formula is C20H22O3. The van der Waals surface area contributed by atoms with Crippen molar-refractivity contribution in [3.63, 3.8) is 0 Å². The Kier molecular flexibility index (Phi) is 5.58. The average molecular weight is 310 g/mol. The highest BCUT2D eigenvalue weighted by molar-refractivity contribution is 6.07. The van der Waals surface area contributed by atoms with E-state index in [0.717, 1.165) is 11.3 Å². The molecule has 0 heterocycles. The Morgan fingerprint density at radius 2 is 1.70 bits per heavy atom. The molecule has 0 bridgehead atoms. The highest BCUT2D eigenvalue weighted by Crippen LogP contribution is 2.25. The third-order valence-electron chi connectivity index (χ3n) is 3.71. The summed E-state index contributed by atoms with van der Waals surface area (Å²) >= 11 is 0. The summed E-state index contributed by atoms with van der Waals surface area (Å²) in [6, 6.07) is 13.2. The van der Waals surface area contributed by atoms with Crippen LogP contribution in [0.15, 0.2) is 48.5 Å². The maximum Gasteiger partial charge on any atom is 0.185 e. The number of ketones is 1. The number of allylic oxidation sites excluding steroid dienone is 1. The molecular weight excluding hydrogens is 288 g/mol. The van der Waals surface area contributed by atoms with Gasteiger partial charge in [0.15, 0.2) is 5.78 Å². The maximum absolute atomic E-state index is 12.3. The Hall–Kier alpha value is -2.55. The fourth-order valence-electron chi connectivity index (χ4n) is 2.26. The molecule has 0 saturated heterocycles. The van der Waals surface area contributed by atoms with E-state index < -0.39 is 0 Å². The fourth-order valence-corrected chi connectivity index (χ4v) is 2.26. The van der Waals surface area contributed by atoms with Crippen LogP contribution < -0.4 is 9.47 Å². The number of hydrogen-bond donors (Lipinski definition) is 0. The lowest BCUT2D eigenvalue weighted by molar-refractivity contribution is 0.104. The predicted octanol–water partition coefficient (Wildman–Crippen LogP) is 4.72. The summed E-state index contributed by atoms with van der Waals surface area (Å²) in [7, 11) is 3.21. The van der Waals surface area contributed by atoms with E-state index in [2.05, 4.69) is 13.8 Å². The van der Waals surface area contributed by atoms with Crippen LogP contribution in [0, 0.1) is 0 Å². The maximum atomic E-state index is 12.3. The first-order valence-electron chi connectivity index (χ1n) is 7.59. The van der Waals surface area contributed by atoms with Crippen LogP contribution >= 0.6 is 0 Å². The minimum Gasteiger partial charge on any atom is -0.497 e. The van der Waals surface area contributed by atoms with Crippen LogP contribution in [0.1, 0.15) is 41.3 Å². The summed E-state index contributed by atoms with van der Waals surface area (Å²) in [5.74, 6) is 1.84. The van der Waals surface area contributed by atoms with Gasteiger partial charge in [-0.05, 0) is 41.8 Å². The first-order chi connectivity index (χ1) is 11.0. The molecule has 0 radical (unpaired) electrons. The monoisotopic (exact) mass is 310 g/mol. The van der Waals surface area contributed by atoms with E-state index in [1.807, 2.05) is 42.5 Å². The first-order valence-corrected chi connectivity index (χ1v) is 7.59. The number of benzene rings is 2. The zero-order valence-electron chi connectivity index (χ0n) is 14.0. The third-order valence-corrected chi connectivity index (χ3v) is 3.71. The summed E-state index contributed by atoms with van der Waals surface area (Å²) < 4.78 is 10.5. The molecule has 120 valence electrons. The Labute approximate surface area is 137 Å². The SMILES string of the molecule is COc1ccc(OC)c(/C=C/C(=O)c2ccc(C(C)C)cc2)c1. The van der Waals surface area contributed by atoms with Crippen molar-refractivity contribution in [2.75, 3.05) is 14.2 Å². The van der Waals surface area contributed by atoms with Crippen molar-refractivity contribution in [2.45, 2.75) is 19.8 Å². The smallest absolute Gasteiger partial charge is 0.185 e. The second-order valence-corrected chi connectivity index (χ2v) is 5.58. The number of rotatable bonds is 6. The molecule has 0 aliphatic rings. The fraction of sp³-hybridized carbons (Fsp3) is 0.250. The van der Waals surface area contributed by atoms with Gasteiger partial charge in [-0.15, -0.1) is 0 Å². The molecule has 0 aromatic heterocycles. The molecule has 0 spiro atoms. The molecule has 0 aliphatic heterocycles. The van der Waals surface area contributed by atoms with Crippen LogP contribution in [0.4, 0.5) is 0 Å². The van der Waals surface area contributed by atoms with Gasteiger partial charge in [-0.3, -0.25) is 4.79 Å². The van der Waals surface area contributed by atoms with Crippen LogP contribution in [-0.2, 0) is 0 Å². The van der Waals surface area contributed by atoms with Crippen LogP contribution in [0.25, 0.3) is 6.08 Å². The molecule has 3 nitrogen and oxygen atoms in total. The Morgan fingerprint density at radius 1 is 1.00 bits per heavy atom. The first kappa shape index (κ1) is 16.8. The lowest BCUT2D eigenvalue weighted by Crippen LogP contribution is -1.96. The predicted molar refractivity (Wildman–Crippen MR) is 93.4 cm³/mol. The highest BCUT2D eigenvalue weighted by Gasteiger charge is 2.06. The molecule has 0 saturated carbocycles. The summed E-state index contributed by atoms with van der Waals surface area (Å²) in [5.41, 5.74) is 2.70. The zero-order chi connectivity index (χ0) is 16.8. The number of carbonyl (C=O) groups is 1. The lowest BCUT2D eigenvalue weighted by atomic mass is 10.0. The lowest BCUT2D eigenvalue weighted by Gasteiger charge is -2.07. The van der Waals surface area contributed by atoms with Gasteiger partial charge in [-0.25, -0.2) is 0 Å². The van der Waals surface area contributed by atoms with E-state index in [0.29, 0.717) is 17.2 Å². The molecule has 2 aromatic rings. The van der Waals surface area contributed by atoms with Gasteiger partial charge in [0.2, 0.25) is 0 Å². The van der Waals surface area contributed by atoms with Gasteiger partial charge in [0.05, 0.1) is 14.2 Å². The van der Waals surface area contributed by atoms with E-state index in [1.54, 1.807) is 26.4 Å². The Balaban J connectivity index is 2.20. The van der Waals surface area contributed by atoms with E-state index in [1.165, 1.54) is 5.56 Å². The van der Waals surface area contributed by atoms with Gasteiger partial charge in [0.25, 0.3) is 0 Å². The molecule has 0 N–H and O–H groups in total. The van der Waals surface area contributed by atoms with Crippen LogP contribution in [-0.4, -0.2) is 20.0 Å². The Bertz CT molecular complexity index is 697. The topological polar surface area (TPSA) is 35.5 Å². The van der Waals surface area contributed by atoms with E-state index >= 15 is 0 Å². The summed E-state index contributed by atoms with van der Waals surface area (Å²) in [5, 5.41) is 0. The molecule has 0 fully saturated rings. The van der Waals surface area contributed by atoms with Crippen LogP contribution in [0.2, 0.25) is 0 Å². The molecule has 0 unspecified atom stereocenters. The molecule has 2 rings (SSSR count). The summed E-state index contributed by atoms with van der Waals surface area (Å²) in [6.07, 6.45) is 3.31. The van der Waals surface area contributed by atoms with Crippen molar-refractivity contribution in [3.8, 4) is 11.5 Å². The molecule has 2 aromatic carbocycles. The standard InChI is InChI=1S/C20H22O3/c1-14(2)15-5-7-16(8-6-15)19(21)11-9-17-13-18(22-3)10-12-20(17)23-4/h5-14H,1-4H3/b11-9+. The molecule has 0 atom stereocenters. The van der Waals surface area contributed by atoms with Crippen molar-refractivity contribution >= 4 is 11.9 Å². The molecule has 0 aliphatic carbocycles. The Morgan fingerprint density at radius 3 is 2.26 bits per heavy atom. The van der Waals surface area contributed by atoms with Crippen molar-refractivity contribution in [1.29, 1.82) is 0 Å². The third kappa shape index (κ3) is 4.22. The number of hydrogen-bond acceptors (Lipinski definition) is 3. The van der Waals surface area contributed by atoms with Crippen LogP contribution in [0.3, 0.4) is 0 Å². The summed E-state index contributed by atoms with van der Waals surface area (Å²) in [6.45, 7) is 4.26. The summed E-state index contributed by atoms with van der Waals surface area (Å²) in [4.78, 5) is 12.3. The van der Waals surface area contributed by atoms with E-state index in [-0.39, 0.29) is 5.78 Å². The normalized spacial score (nSPS) is 11.0. The van der Waals surface area contributed by atoms with Crippen LogP contribution in [0.5, 0.6) is 11.5 Å². The minimum absolute atomic E-state index is 0.0369. The quantitative estimate of drug-likeness (QED) is 0.572. The van der Waals surface area contributed by atoms with Crippen molar-refractivity contribution in [2.24, 2.45) is 0 Å². The van der Waals surface area contributed by atoms with Gasteiger partial charge < -0.3 is 9.47 Å². The largest absolute Gasteiger partial charge is 0.497 e. The molecule has 0 amide bonds. The number of ether oxygens (including phenoxy) is 2. The number of methoxy groups -OCH3 is 2. The molecule has 23 heavy (non-hydrogen) atoms. The highest BCUT2D eigenvalue weighted by atomic mass is 16.5. The minimum atomic E-state index is -0.0369. The second-order valence-electron chi connectivity index (χ2n) is 5.58.